The Balaban J connectivity index is 1.68. The number of hydrogen-bond donors (Lipinski definition) is 1. The van der Waals surface area contributed by atoms with Crippen molar-refractivity contribution in [1.82, 2.24) is 14.4 Å². The van der Waals surface area contributed by atoms with Gasteiger partial charge in [0.1, 0.15) is 11.5 Å². The van der Waals surface area contributed by atoms with Crippen molar-refractivity contribution >= 4 is 17.2 Å². The molecule has 0 radical (unpaired) electrons. The van der Waals surface area contributed by atoms with Gasteiger partial charge in [-0.3, -0.25) is 4.40 Å². The molecule has 0 aliphatic heterocycles. The quantitative estimate of drug-likeness (QED) is 0.381. The third-order valence-electron chi connectivity index (χ3n) is 5.19. The minimum atomic E-state index is 0.0862. The summed E-state index contributed by atoms with van der Waals surface area (Å²) in [5.41, 5.74) is 5.73. The standard InChI is InChI=1S/C25H20ClN3O2/c1-16-10-18(13-19(26)11-16)23-15-29-24(21(27-23)12-17-6-3-2-4-7-17)28-22(25(29)30)14-20-8-5-9-31-20/h2-11,13,15,30H,12,14H2,1H3. The largest absolute Gasteiger partial charge is 0.493 e. The van der Waals surface area contributed by atoms with Crippen molar-refractivity contribution in [3.63, 3.8) is 0 Å². The Hall–Kier alpha value is -3.57. The number of rotatable bonds is 5. The summed E-state index contributed by atoms with van der Waals surface area (Å²) in [6, 6.07) is 19.6. The Kier molecular flexibility index (Phi) is 4.96. The van der Waals surface area contributed by atoms with E-state index >= 15 is 0 Å². The zero-order valence-corrected chi connectivity index (χ0v) is 17.7. The number of furan rings is 1. The smallest absolute Gasteiger partial charge is 0.219 e. The van der Waals surface area contributed by atoms with Crippen molar-refractivity contribution in [2.45, 2.75) is 19.8 Å². The van der Waals surface area contributed by atoms with E-state index in [0.717, 1.165) is 33.8 Å². The fourth-order valence-electron chi connectivity index (χ4n) is 3.77. The zero-order chi connectivity index (χ0) is 21.4. The molecule has 0 fully saturated rings. The molecule has 31 heavy (non-hydrogen) atoms. The lowest BCUT2D eigenvalue weighted by Crippen LogP contribution is -2.01. The summed E-state index contributed by atoms with van der Waals surface area (Å²) in [5.74, 6) is 0.824. The number of imidazole rings is 1. The van der Waals surface area contributed by atoms with E-state index in [1.807, 2.05) is 61.7 Å². The Labute approximate surface area is 184 Å². The summed E-state index contributed by atoms with van der Waals surface area (Å²) in [4.78, 5) is 9.64. The predicted octanol–water partition coefficient (Wildman–Crippen LogP) is 5.84. The van der Waals surface area contributed by atoms with Gasteiger partial charge in [-0.1, -0.05) is 41.9 Å². The van der Waals surface area contributed by atoms with Crippen molar-refractivity contribution in [3.05, 3.63) is 106 Å². The second-order valence-corrected chi connectivity index (χ2v) is 8.02. The third kappa shape index (κ3) is 3.92. The Morgan fingerprint density at radius 3 is 2.55 bits per heavy atom. The monoisotopic (exact) mass is 429 g/mol. The molecule has 0 saturated carbocycles. The van der Waals surface area contributed by atoms with Crippen LogP contribution in [0, 0.1) is 6.92 Å². The van der Waals surface area contributed by atoms with Crippen LogP contribution in [-0.4, -0.2) is 19.5 Å². The van der Waals surface area contributed by atoms with Gasteiger partial charge in [-0.25, -0.2) is 9.97 Å². The molecular weight excluding hydrogens is 410 g/mol. The van der Waals surface area contributed by atoms with Crippen molar-refractivity contribution < 1.29 is 9.52 Å². The SMILES string of the molecule is Cc1cc(Cl)cc(-c2cn3c(O)c(Cc4ccco4)nc3c(Cc3ccccc3)n2)c1. The number of nitrogens with zero attached hydrogens (tertiary/aromatic N) is 3. The third-order valence-corrected chi connectivity index (χ3v) is 5.41. The lowest BCUT2D eigenvalue weighted by molar-refractivity contribution is 0.438. The van der Waals surface area contributed by atoms with Crippen LogP contribution in [0.4, 0.5) is 0 Å². The molecule has 0 aliphatic rings. The van der Waals surface area contributed by atoms with E-state index in [4.69, 9.17) is 26.0 Å². The van der Waals surface area contributed by atoms with Crippen LogP contribution in [0.15, 0.2) is 77.5 Å². The number of aryl methyl sites for hydroxylation is 1. The summed E-state index contributed by atoms with van der Waals surface area (Å²) in [7, 11) is 0. The van der Waals surface area contributed by atoms with E-state index < -0.39 is 0 Å². The first kappa shape index (κ1) is 19.4. The maximum absolute atomic E-state index is 11.0. The van der Waals surface area contributed by atoms with Crippen LogP contribution in [0.3, 0.4) is 0 Å². The van der Waals surface area contributed by atoms with Gasteiger partial charge in [0.2, 0.25) is 5.88 Å². The van der Waals surface area contributed by atoms with Gasteiger partial charge in [-0.05, 0) is 48.4 Å². The molecule has 5 aromatic rings. The molecule has 5 nitrogen and oxygen atoms in total. The second-order valence-electron chi connectivity index (χ2n) is 7.58. The summed E-state index contributed by atoms with van der Waals surface area (Å²) >= 11 is 6.30. The maximum atomic E-state index is 11.0. The van der Waals surface area contributed by atoms with Crippen LogP contribution in [0.1, 0.15) is 28.3 Å². The topological polar surface area (TPSA) is 63.6 Å². The molecule has 0 saturated heterocycles. The minimum Gasteiger partial charge on any atom is -0.493 e. The van der Waals surface area contributed by atoms with Gasteiger partial charge in [0.15, 0.2) is 5.65 Å². The first-order chi connectivity index (χ1) is 15.1. The van der Waals surface area contributed by atoms with E-state index in [1.54, 1.807) is 10.7 Å². The molecule has 6 heteroatoms. The highest BCUT2D eigenvalue weighted by atomic mass is 35.5. The normalized spacial score (nSPS) is 11.3. The van der Waals surface area contributed by atoms with Crippen molar-refractivity contribution in [3.8, 4) is 17.1 Å². The average Bonchev–Trinajstić information content (AvgIpc) is 3.37. The molecule has 0 unspecified atom stereocenters. The highest BCUT2D eigenvalue weighted by molar-refractivity contribution is 6.30. The fourth-order valence-corrected chi connectivity index (χ4v) is 4.06. The van der Waals surface area contributed by atoms with Gasteiger partial charge >= 0.3 is 0 Å². The summed E-state index contributed by atoms with van der Waals surface area (Å²) in [6.07, 6.45) is 4.41. The van der Waals surface area contributed by atoms with E-state index in [1.165, 1.54) is 0 Å². The van der Waals surface area contributed by atoms with Gasteiger partial charge in [-0.15, -0.1) is 0 Å². The zero-order valence-electron chi connectivity index (χ0n) is 16.9. The lowest BCUT2D eigenvalue weighted by Gasteiger charge is -2.09. The Morgan fingerprint density at radius 1 is 0.968 bits per heavy atom. The molecule has 0 atom stereocenters. The molecular formula is C25H20ClN3O2. The van der Waals surface area contributed by atoms with Crippen LogP contribution in [-0.2, 0) is 12.8 Å². The molecule has 0 bridgehead atoms. The summed E-state index contributed by atoms with van der Waals surface area (Å²) < 4.78 is 7.15. The molecule has 2 aromatic carbocycles. The fraction of sp³-hybridized carbons (Fsp3) is 0.120. The number of halogens is 1. The van der Waals surface area contributed by atoms with Crippen LogP contribution in [0.25, 0.3) is 16.9 Å². The Morgan fingerprint density at radius 2 is 1.81 bits per heavy atom. The van der Waals surface area contributed by atoms with E-state index in [-0.39, 0.29) is 5.88 Å². The molecule has 3 aromatic heterocycles. The van der Waals surface area contributed by atoms with Gasteiger partial charge in [0, 0.05) is 23.2 Å². The number of fused-ring (bicyclic) bond motifs is 1. The lowest BCUT2D eigenvalue weighted by atomic mass is 10.1. The molecule has 0 spiro atoms. The highest BCUT2D eigenvalue weighted by Crippen LogP contribution is 2.29. The van der Waals surface area contributed by atoms with Gasteiger partial charge in [-0.2, -0.15) is 0 Å². The van der Waals surface area contributed by atoms with E-state index in [0.29, 0.717) is 29.2 Å². The summed E-state index contributed by atoms with van der Waals surface area (Å²) in [5, 5.41) is 11.6. The predicted molar refractivity (Wildman–Crippen MR) is 121 cm³/mol. The molecule has 5 rings (SSSR count). The molecule has 154 valence electrons. The molecule has 0 amide bonds. The van der Waals surface area contributed by atoms with E-state index in [9.17, 15) is 5.11 Å². The molecule has 1 N–H and O–H groups in total. The van der Waals surface area contributed by atoms with Crippen LogP contribution < -0.4 is 0 Å². The first-order valence-corrected chi connectivity index (χ1v) is 10.4. The molecule has 0 aliphatic carbocycles. The van der Waals surface area contributed by atoms with Crippen LogP contribution in [0.2, 0.25) is 5.02 Å². The minimum absolute atomic E-state index is 0.0862. The Bertz CT molecular complexity index is 1340. The van der Waals surface area contributed by atoms with Gasteiger partial charge in [0.05, 0.1) is 24.1 Å². The van der Waals surface area contributed by atoms with Crippen molar-refractivity contribution in [2.75, 3.05) is 0 Å². The summed E-state index contributed by atoms with van der Waals surface area (Å²) in [6.45, 7) is 1.99. The first-order valence-electron chi connectivity index (χ1n) is 10.0. The van der Waals surface area contributed by atoms with Crippen molar-refractivity contribution in [2.24, 2.45) is 0 Å². The second kappa shape index (κ2) is 7.93. The van der Waals surface area contributed by atoms with Gasteiger partial charge < -0.3 is 9.52 Å². The highest BCUT2D eigenvalue weighted by Gasteiger charge is 2.19. The van der Waals surface area contributed by atoms with E-state index in [2.05, 4.69) is 12.1 Å². The maximum Gasteiger partial charge on any atom is 0.219 e. The number of hydrogen-bond acceptors (Lipinski definition) is 4. The number of aromatic nitrogens is 3. The van der Waals surface area contributed by atoms with Crippen LogP contribution >= 0.6 is 11.6 Å². The molecule has 3 heterocycles. The van der Waals surface area contributed by atoms with Crippen LogP contribution in [0.5, 0.6) is 5.88 Å². The van der Waals surface area contributed by atoms with Crippen molar-refractivity contribution in [1.29, 1.82) is 0 Å². The number of aromatic hydroxyl groups is 1. The number of benzene rings is 2. The average molecular weight is 430 g/mol. The van der Waals surface area contributed by atoms with Gasteiger partial charge in [0.25, 0.3) is 0 Å².